The van der Waals surface area contributed by atoms with E-state index in [0.717, 1.165) is 6.42 Å². The fourth-order valence-corrected chi connectivity index (χ4v) is 0.564. The predicted molar refractivity (Wildman–Crippen MR) is 38.4 cm³/mol. The molecule has 0 radical (unpaired) electrons. The third-order valence-electron chi connectivity index (χ3n) is 1.42. The van der Waals surface area contributed by atoms with Gasteiger partial charge >= 0.3 is 0 Å². The first-order valence-electron chi connectivity index (χ1n) is 3.33. The zero-order valence-electron chi connectivity index (χ0n) is 6.40. The van der Waals surface area contributed by atoms with Gasteiger partial charge in [-0.1, -0.05) is 0 Å². The molecule has 0 aromatic heterocycles. The molecule has 2 heteroatoms. The molecule has 0 aromatic carbocycles. The normalized spacial score (nSPS) is 13.2. The number of nitrogens with one attached hydrogen (secondary N) is 1. The highest BCUT2D eigenvalue weighted by molar-refractivity contribution is 5.75. The van der Waals surface area contributed by atoms with E-state index in [1.54, 1.807) is 6.92 Å². The Morgan fingerprint density at radius 2 is 2.22 bits per heavy atom. The van der Waals surface area contributed by atoms with Crippen LogP contribution in [0.3, 0.4) is 0 Å². The number of carbonyl (C=O) groups excluding carboxylic acids is 1. The van der Waals surface area contributed by atoms with Crippen LogP contribution in [0.1, 0.15) is 26.7 Å². The Kier molecular flexibility index (Phi) is 4.32. The average Bonchev–Trinajstić information content (AvgIpc) is 1.83. The summed E-state index contributed by atoms with van der Waals surface area (Å²) >= 11 is 0. The highest BCUT2D eigenvalue weighted by atomic mass is 16.1. The first-order chi connectivity index (χ1) is 4.16. The van der Waals surface area contributed by atoms with Gasteiger partial charge in [-0.2, -0.15) is 0 Å². The van der Waals surface area contributed by atoms with Crippen LogP contribution in [-0.4, -0.2) is 18.9 Å². The van der Waals surface area contributed by atoms with E-state index < -0.39 is 0 Å². The van der Waals surface area contributed by atoms with Gasteiger partial charge in [-0.3, -0.25) is 0 Å². The number of hydrogen-bond donors (Lipinski definition) is 1. The van der Waals surface area contributed by atoms with Crippen molar-refractivity contribution in [3.05, 3.63) is 0 Å². The van der Waals surface area contributed by atoms with Crippen LogP contribution in [0.5, 0.6) is 0 Å². The molecule has 1 unspecified atom stereocenters. The number of hydrogen-bond acceptors (Lipinski definition) is 2. The van der Waals surface area contributed by atoms with E-state index >= 15 is 0 Å². The predicted octanol–water partition coefficient (Wildman–Crippen LogP) is 0.963. The summed E-state index contributed by atoms with van der Waals surface area (Å²) in [5.74, 6) is 0.275. The molecule has 0 aliphatic rings. The standard InChI is InChI=1S/C7H15NO/c1-6(8-3)4-5-7(2)9/h6,8H,4-5H2,1-3H3. The molecule has 0 amide bonds. The lowest BCUT2D eigenvalue weighted by Crippen LogP contribution is -2.21. The Labute approximate surface area is 56.6 Å². The zero-order chi connectivity index (χ0) is 7.28. The van der Waals surface area contributed by atoms with Crippen molar-refractivity contribution in [2.75, 3.05) is 7.05 Å². The number of Topliss-reactive ketones (excluding diaryl/α,β-unsaturated/α-hetero) is 1. The second-order valence-electron chi connectivity index (χ2n) is 2.43. The van der Waals surface area contributed by atoms with E-state index in [4.69, 9.17) is 0 Å². The molecule has 0 saturated heterocycles. The van der Waals surface area contributed by atoms with Crippen molar-refractivity contribution in [3.63, 3.8) is 0 Å². The molecule has 0 heterocycles. The van der Waals surface area contributed by atoms with Crippen molar-refractivity contribution < 1.29 is 4.79 Å². The first kappa shape index (κ1) is 8.63. The maximum atomic E-state index is 10.4. The molecule has 0 saturated carbocycles. The molecule has 1 N–H and O–H groups in total. The Hall–Kier alpha value is -0.370. The van der Waals surface area contributed by atoms with Gasteiger partial charge in [0.15, 0.2) is 0 Å². The quantitative estimate of drug-likeness (QED) is 0.612. The molecule has 0 spiro atoms. The van der Waals surface area contributed by atoms with Gasteiger partial charge in [-0.25, -0.2) is 0 Å². The summed E-state index contributed by atoms with van der Waals surface area (Å²) in [4.78, 5) is 10.4. The molecule has 0 fully saturated rings. The number of carbonyl (C=O) groups is 1. The van der Waals surface area contributed by atoms with E-state index in [1.165, 1.54) is 0 Å². The second-order valence-corrected chi connectivity index (χ2v) is 2.43. The molecule has 0 rings (SSSR count). The van der Waals surface area contributed by atoms with Gasteiger partial charge in [0.1, 0.15) is 5.78 Å². The summed E-state index contributed by atoms with van der Waals surface area (Å²) in [6, 6.07) is 0.467. The van der Waals surface area contributed by atoms with Gasteiger partial charge in [0, 0.05) is 12.5 Å². The largest absolute Gasteiger partial charge is 0.317 e. The highest BCUT2D eigenvalue weighted by Gasteiger charge is 1.98. The third-order valence-corrected chi connectivity index (χ3v) is 1.42. The summed E-state index contributed by atoms with van der Waals surface area (Å²) in [6.45, 7) is 3.70. The Morgan fingerprint density at radius 1 is 1.67 bits per heavy atom. The van der Waals surface area contributed by atoms with Gasteiger partial charge in [0.25, 0.3) is 0 Å². The van der Waals surface area contributed by atoms with E-state index in [0.29, 0.717) is 12.5 Å². The van der Waals surface area contributed by atoms with Crippen LogP contribution in [-0.2, 0) is 4.79 Å². The van der Waals surface area contributed by atoms with Crippen LogP contribution in [0.25, 0.3) is 0 Å². The van der Waals surface area contributed by atoms with Crippen LogP contribution in [0.15, 0.2) is 0 Å². The lowest BCUT2D eigenvalue weighted by atomic mass is 10.1. The average molecular weight is 129 g/mol. The number of rotatable bonds is 4. The summed E-state index contributed by atoms with van der Waals surface area (Å²) in [7, 11) is 1.91. The third kappa shape index (κ3) is 5.50. The zero-order valence-corrected chi connectivity index (χ0v) is 6.40. The minimum Gasteiger partial charge on any atom is -0.317 e. The molecule has 1 atom stereocenters. The molecule has 54 valence electrons. The molecule has 2 nitrogen and oxygen atoms in total. The van der Waals surface area contributed by atoms with Gasteiger partial charge in [-0.15, -0.1) is 0 Å². The molecular formula is C7H15NO. The van der Waals surface area contributed by atoms with Crippen LogP contribution in [0.2, 0.25) is 0 Å². The van der Waals surface area contributed by atoms with Crippen LogP contribution in [0.4, 0.5) is 0 Å². The Morgan fingerprint density at radius 3 is 2.56 bits per heavy atom. The van der Waals surface area contributed by atoms with Crippen molar-refractivity contribution in [1.29, 1.82) is 0 Å². The van der Waals surface area contributed by atoms with E-state index in [2.05, 4.69) is 12.2 Å². The Bertz CT molecular complexity index is 90.9. The van der Waals surface area contributed by atoms with Gasteiger partial charge in [-0.05, 0) is 27.3 Å². The van der Waals surface area contributed by atoms with Crippen LogP contribution in [0, 0.1) is 0 Å². The molecule has 0 bridgehead atoms. The van der Waals surface area contributed by atoms with Crippen LogP contribution < -0.4 is 5.32 Å². The van der Waals surface area contributed by atoms with Crippen molar-refractivity contribution in [2.24, 2.45) is 0 Å². The van der Waals surface area contributed by atoms with Gasteiger partial charge < -0.3 is 10.1 Å². The maximum Gasteiger partial charge on any atom is 0.129 e. The fourth-order valence-electron chi connectivity index (χ4n) is 0.564. The summed E-state index contributed by atoms with van der Waals surface area (Å²) in [5.41, 5.74) is 0. The minimum atomic E-state index is 0.275. The summed E-state index contributed by atoms with van der Waals surface area (Å²) in [6.07, 6.45) is 1.65. The lowest BCUT2D eigenvalue weighted by molar-refractivity contribution is -0.117. The van der Waals surface area contributed by atoms with Gasteiger partial charge in [0.05, 0.1) is 0 Å². The first-order valence-corrected chi connectivity index (χ1v) is 3.33. The van der Waals surface area contributed by atoms with E-state index in [1.807, 2.05) is 7.05 Å². The van der Waals surface area contributed by atoms with E-state index in [-0.39, 0.29) is 5.78 Å². The molecule has 9 heavy (non-hydrogen) atoms. The van der Waals surface area contributed by atoms with Crippen LogP contribution >= 0.6 is 0 Å². The summed E-state index contributed by atoms with van der Waals surface area (Å²) in [5, 5.41) is 3.07. The SMILES string of the molecule is CNC(C)CCC(C)=O. The van der Waals surface area contributed by atoms with Crippen molar-refractivity contribution in [1.82, 2.24) is 5.32 Å². The van der Waals surface area contributed by atoms with E-state index in [9.17, 15) is 4.79 Å². The smallest absolute Gasteiger partial charge is 0.129 e. The minimum absolute atomic E-state index is 0.275. The van der Waals surface area contributed by atoms with Crippen molar-refractivity contribution in [2.45, 2.75) is 32.7 Å². The van der Waals surface area contributed by atoms with Gasteiger partial charge in [0.2, 0.25) is 0 Å². The fraction of sp³-hybridized carbons (Fsp3) is 0.857. The second kappa shape index (κ2) is 4.50. The topological polar surface area (TPSA) is 29.1 Å². The maximum absolute atomic E-state index is 10.4. The van der Waals surface area contributed by atoms with Crippen molar-refractivity contribution in [3.8, 4) is 0 Å². The molecule has 0 aliphatic heterocycles. The lowest BCUT2D eigenvalue weighted by Gasteiger charge is -2.06. The molecular weight excluding hydrogens is 114 g/mol. The molecule has 0 aromatic rings. The molecule has 0 aliphatic carbocycles. The van der Waals surface area contributed by atoms with Crippen molar-refractivity contribution >= 4 is 5.78 Å². The number of ketones is 1. The monoisotopic (exact) mass is 129 g/mol. The summed E-state index contributed by atoms with van der Waals surface area (Å²) < 4.78 is 0. The highest BCUT2D eigenvalue weighted by Crippen LogP contribution is 1.95. The Balaban J connectivity index is 3.16.